The highest BCUT2D eigenvalue weighted by atomic mass is 32.2. The van der Waals surface area contributed by atoms with E-state index in [1.54, 1.807) is 6.92 Å². The summed E-state index contributed by atoms with van der Waals surface area (Å²) in [5, 5.41) is 0. The molecular weight excluding hydrogens is 254 g/mol. The van der Waals surface area contributed by atoms with Gasteiger partial charge in [0.15, 0.2) is 0 Å². The Kier molecular flexibility index (Phi) is 6.46. The second kappa shape index (κ2) is 6.53. The summed E-state index contributed by atoms with van der Waals surface area (Å²) < 4.78 is 51.7. The fourth-order valence-corrected chi connectivity index (χ4v) is 3.34. The van der Waals surface area contributed by atoms with E-state index in [-0.39, 0.29) is 30.6 Å². The molecule has 1 unspecified atom stereocenters. The molecule has 0 spiro atoms. The van der Waals surface area contributed by atoms with Gasteiger partial charge in [0, 0.05) is 19.4 Å². The van der Waals surface area contributed by atoms with E-state index in [1.807, 2.05) is 0 Å². The molecule has 0 aromatic rings. The Balaban J connectivity index is 4.07. The van der Waals surface area contributed by atoms with E-state index in [2.05, 4.69) is 4.72 Å². The van der Waals surface area contributed by atoms with Crippen molar-refractivity contribution in [3.63, 3.8) is 0 Å². The lowest BCUT2D eigenvalue weighted by atomic mass is 10.4. The molecule has 0 saturated carbocycles. The third-order valence-corrected chi connectivity index (χ3v) is 4.34. The maximum Gasteiger partial charge on any atom is 0.211 e. The molecule has 0 aliphatic rings. The van der Waals surface area contributed by atoms with E-state index < -0.39 is 19.9 Å². The number of hydrogen-bond donors (Lipinski definition) is 1. The van der Waals surface area contributed by atoms with Crippen LogP contribution in [0.4, 0.5) is 0 Å². The van der Waals surface area contributed by atoms with Crippen LogP contribution < -0.4 is 4.72 Å². The molecule has 0 amide bonds. The first-order valence-corrected chi connectivity index (χ1v) is 8.54. The van der Waals surface area contributed by atoms with E-state index in [9.17, 15) is 16.8 Å². The molecule has 6 nitrogen and oxygen atoms in total. The molecule has 98 valence electrons. The molecule has 16 heavy (non-hydrogen) atoms. The number of rotatable bonds is 8. The summed E-state index contributed by atoms with van der Waals surface area (Å²) in [6, 6.07) is -0.312. The van der Waals surface area contributed by atoms with Crippen molar-refractivity contribution < 1.29 is 21.6 Å². The van der Waals surface area contributed by atoms with Crippen molar-refractivity contribution >= 4 is 19.9 Å². The number of nitrogens with one attached hydrogen (secondary N) is 1. The smallest absolute Gasteiger partial charge is 0.211 e. The third-order valence-electron chi connectivity index (χ3n) is 1.73. The maximum atomic E-state index is 11.4. The molecule has 1 atom stereocenters. The van der Waals surface area contributed by atoms with E-state index in [1.165, 1.54) is 7.11 Å². The van der Waals surface area contributed by atoms with Gasteiger partial charge in [0.1, 0.15) is 9.84 Å². The summed E-state index contributed by atoms with van der Waals surface area (Å²) in [4.78, 5) is 0. The van der Waals surface area contributed by atoms with Crippen LogP contribution >= 0.6 is 0 Å². The molecule has 0 radical (unpaired) electrons. The molecule has 0 aromatic heterocycles. The van der Waals surface area contributed by atoms with Crippen LogP contribution in [-0.4, -0.2) is 54.4 Å². The van der Waals surface area contributed by atoms with Crippen molar-refractivity contribution in [3.05, 3.63) is 0 Å². The first-order chi connectivity index (χ1) is 7.16. The lowest BCUT2D eigenvalue weighted by Crippen LogP contribution is -2.37. The normalized spacial score (nSPS) is 14.9. The van der Waals surface area contributed by atoms with Crippen LogP contribution in [0.25, 0.3) is 0 Å². The summed E-state index contributed by atoms with van der Waals surface area (Å²) in [6.45, 7) is 1.96. The molecule has 0 aliphatic heterocycles. The van der Waals surface area contributed by atoms with Gasteiger partial charge in [-0.05, 0) is 13.3 Å². The molecule has 0 saturated heterocycles. The number of methoxy groups -OCH3 is 1. The summed E-state index contributed by atoms with van der Waals surface area (Å²) in [5.41, 5.74) is 0. The highest BCUT2D eigenvalue weighted by Gasteiger charge is 2.15. The molecule has 1 N–H and O–H groups in total. The zero-order chi connectivity index (χ0) is 12.8. The Morgan fingerprint density at radius 1 is 1.19 bits per heavy atom. The van der Waals surface area contributed by atoms with E-state index in [4.69, 9.17) is 4.74 Å². The zero-order valence-electron chi connectivity index (χ0n) is 9.76. The van der Waals surface area contributed by atoms with Crippen LogP contribution in [0, 0.1) is 0 Å². The maximum absolute atomic E-state index is 11.4. The van der Waals surface area contributed by atoms with Crippen LogP contribution in [0.2, 0.25) is 0 Å². The minimum atomic E-state index is -3.42. The SMILES string of the molecule is COCC(C)NS(=O)(=O)CCCS(C)(=O)=O. The quantitative estimate of drug-likeness (QED) is 0.636. The van der Waals surface area contributed by atoms with Gasteiger partial charge in [-0.3, -0.25) is 0 Å². The van der Waals surface area contributed by atoms with Crippen LogP contribution in [0.5, 0.6) is 0 Å². The average Bonchev–Trinajstić information content (AvgIpc) is 1.99. The van der Waals surface area contributed by atoms with Gasteiger partial charge in [-0.25, -0.2) is 21.6 Å². The van der Waals surface area contributed by atoms with Gasteiger partial charge in [0.2, 0.25) is 10.0 Å². The van der Waals surface area contributed by atoms with Crippen LogP contribution in [0.3, 0.4) is 0 Å². The molecule has 0 aromatic carbocycles. The Hall–Kier alpha value is -0.180. The lowest BCUT2D eigenvalue weighted by molar-refractivity contribution is 0.180. The van der Waals surface area contributed by atoms with Gasteiger partial charge in [0.25, 0.3) is 0 Å². The van der Waals surface area contributed by atoms with Gasteiger partial charge in [-0.15, -0.1) is 0 Å². The molecule has 0 bridgehead atoms. The van der Waals surface area contributed by atoms with Crippen molar-refractivity contribution in [3.8, 4) is 0 Å². The summed E-state index contributed by atoms with van der Waals surface area (Å²) in [7, 11) is -5.04. The van der Waals surface area contributed by atoms with E-state index in [0.29, 0.717) is 0 Å². The van der Waals surface area contributed by atoms with Crippen molar-refractivity contribution in [2.24, 2.45) is 0 Å². The molecule has 0 aliphatic carbocycles. The van der Waals surface area contributed by atoms with Gasteiger partial charge in [-0.2, -0.15) is 0 Å². The zero-order valence-corrected chi connectivity index (χ0v) is 11.4. The highest BCUT2D eigenvalue weighted by molar-refractivity contribution is 7.91. The molecule has 0 heterocycles. The Bertz CT molecular complexity index is 387. The Morgan fingerprint density at radius 3 is 2.19 bits per heavy atom. The van der Waals surface area contributed by atoms with Crippen molar-refractivity contribution in [1.82, 2.24) is 4.72 Å². The predicted molar refractivity (Wildman–Crippen MR) is 62.6 cm³/mol. The fourth-order valence-electron chi connectivity index (χ4n) is 1.16. The average molecular weight is 273 g/mol. The lowest BCUT2D eigenvalue weighted by Gasteiger charge is -2.12. The fraction of sp³-hybridized carbons (Fsp3) is 1.00. The monoisotopic (exact) mass is 273 g/mol. The number of hydrogen-bond acceptors (Lipinski definition) is 5. The van der Waals surface area contributed by atoms with Crippen LogP contribution in [-0.2, 0) is 24.6 Å². The first-order valence-electron chi connectivity index (χ1n) is 4.83. The molecule has 8 heteroatoms. The van der Waals surface area contributed by atoms with Crippen molar-refractivity contribution in [1.29, 1.82) is 0 Å². The van der Waals surface area contributed by atoms with Gasteiger partial charge in [-0.1, -0.05) is 0 Å². The Labute approximate surface area is 97.3 Å². The first kappa shape index (κ1) is 15.8. The second-order valence-electron chi connectivity index (χ2n) is 3.78. The number of sulfone groups is 1. The largest absolute Gasteiger partial charge is 0.383 e. The molecule has 0 rings (SSSR count). The van der Waals surface area contributed by atoms with Crippen LogP contribution in [0.1, 0.15) is 13.3 Å². The minimum absolute atomic E-state index is 0.105. The standard InChI is InChI=1S/C8H19NO5S2/c1-8(7-14-2)9-16(12,13)6-4-5-15(3,10)11/h8-9H,4-7H2,1-3H3. The molecular formula is C8H19NO5S2. The third kappa shape index (κ3) is 9.08. The second-order valence-corrected chi connectivity index (χ2v) is 7.91. The van der Waals surface area contributed by atoms with Gasteiger partial charge >= 0.3 is 0 Å². The van der Waals surface area contributed by atoms with E-state index >= 15 is 0 Å². The van der Waals surface area contributed by atoms with E-state index in [0.717, 1.165) is 6.26 Å². The molecule has 0 fully saturated rings. The minimum Gasteiger partial charge on any atom is -0.383 e. The predicted octanol–water partition coefficient (Wildman–Crippen LogP) is -0.625. The van der Waals surface area contributed by atoms with Gasteiger partial charge in [0.05, 0.1) is 18.1 Å². The van der Waals surface area contributed by atoms with Gasteiger partial charge < -0.3 is 4.74 Å². The summed E-state index contributed by atoms with van der Waals surface area (Å²) >= 11 is 0. The topological polar surface area (TPSA) is 89.5 Å². The number of ether oxygens (including phenoxy) is 1. The summed E-state index contributed by atoms with van der Waals surface area (Å²) in [6.07, 6.45) is 1.19. The van der Waals surface area contributed by atoms with Crippen LogP contribution in [0.15, 0.2) is 0 Å². The van der Waals surface area contributed by atoms with Crippen molar-refractivity contribution in [2.75, 3.05) is 31.5 Å². The Morgan fingerprint density at radius 2 is 1.75 bits per heavy atom. The highest BCUT2D eigenvalue weighted by Crippen LogP contribution is 1.96. The summed E-state index contributed by atoms with van der Waals surface area (Å²) in [5.74, 6) is -0.305. The number of sulfonamides is 1. The van der Waals surface area contributed by atoms with Crippen molar-refractivity contribution in [2.45, 2.75) is 19.4 Å².